The van der Waals surface area contributed by atoms with Crippen molar-refractivity contribution in [3.63, 3.8) is 0 Å². The van der Waals surface area contributed by atoms with Crippen LogP contribution >= 0.6 is 0 Å². The average Bonchev–Trinajstić information content (AvgIpc) is 3.04. The Balaban J connectivity index is 1.89. The van der Waals surface area contributed by atoms with Crippen LogP contribution in [-0.2, 0) is 14.3 Å². The maximum absolute atomic E-state index is 11.7. The van der Waals surface area contributed by atoms with E-state index in [1.807, 2.05) is 6.92 Å². The largest absolute Gasteiger partial charge is 0.481 e. The van der Waals surface area contributed by atoms with Crippen LogP contribution in [0.1, 0.15) is 26.2 Å². The SMILES string of the molecule is CC1CC1C(=O)NCC1(C(=O)O)CCOCC1. The topological polar surface area (TPSA) is 75.6 Å². The van der Waals surface area contributed by atoms with E-state index < -0.39 is 11.4 Å². The van der Waals surface area contributed by atoms with E-state index in [0.29, 0.717) is 32.0 Å². The van der Waals surface area contributed by atoms with Gasteiger partial charge >= 0.3 is 5.97 Å². The summed E-state index contributed by atoms with van der Waals surface area (Å²) in [6.07, 6.45) is 1.88. The van der Waals surface area contributed by atoms with E-state index in [0.717, 1.165) is 6.42 Å². The molecule has 1 saturated heterocycles. The Hall–Kier alpha value is -1.10. The predicted octanol–water partition coefficient (Wildman–Crippen LogP) is 0.640. The lowest BCUT2D eigenvalue weighted by atomic mass is 9.80. The highest BCUT2D eigenvalue weighted by Gasteiger charge is 2.43. The fraction of sp³-hybridized carbons (Fsp3) is 0.833. The monoisotopic (exact) mass is 241 g/mol. The van der Waals surface area contributed by atoms with Crippen LogP contribution in [0.25, 0.3) is 0 Å². The second-order valence-corrected chi connectivity index (χ2v) is 5.24. The molecule has 5 heteroatoms. The van der Waals surface area contributed by atoms with Gasteiger partial charge in [-0.25, -0.2) is 0 Å². The number of carboxylic acid groups (broad SMARTS) is 1. The summed E-state index contributed by atoms with van der Waals surface area (Å²) in [5.41, 5.74) is -0.827. The Morgan fingerprint density at radius 2 is 2.00 bits per heavy atom. The molecular weight excluding hydrogens is 222 g/mol. The van der Waals surface area contributed by atoms with Crippen molar-refractivity contribution in [3.05, 3.63) is 0 Å². The summed E-state index contributed by atoms with van der Waals surface area (Å²) in [5.74, 6) is -0.277. The number of nitrogens with one attached hydrogen (secondary N) is 1. The van der Waals surface area contributed by atoms with Crippen molar-refractivity contribution in [1.29, 1.82) is 0 Å². The minimum absolute atomic E-state index is 0.00427. The van der Waals surface area contributed by atoms with Gasteiger partial charge in [0.05, 0.1) is 5.41 Å². The van der Waals surface area contributed by atoms with Gasteiger partial charge in [0.25, 0.3) is 0 Å². The van der Waals surface area contributed by atoms with Crippen molar-refractivity contribution in [3.8, 4) is 0 Å². The highest BCUT2D eigenvalue weighted by atomic mass is 16.5. The zero-order valence-corrected chi connectivity index (χ0v) is 10.1. The van der Waals surface area contributed by atoms with Gasteiger partial charge in [0.15, 0.2) is 0 Å². The maximum atomic E-state index is 11.7. The van der Waals surface area contributed by atoms with E-state index >= 15 is 0 Å². The number of hydrogen-bond donors (Lipinski definition) is 2. The molecule has 0 aromatic rings. The van der Waals surface area contributed by atoms with E-state index in [1.54, 1.807) is 0 Å². The molecule has 2 aliphatic rings. The van der Waals surface area contributed by atoms with Gasteiger partial charge in [0.1, 0.15) is 0 Å². The Morgan fingerprint density at radius 1 is 1.41 bits per heavy atom. The maximum Gasteiger partial charge on any atom is 0.311 e. The van der Waals surface area contributed by atoms with Crippen molar-refractivity contribution >= 4 is 11.9 Å². The summed E-state index contributed by atoms with van der Waals surface area (Å²) in [6.45, 7) is 3.18. The Kier molecular flexibility index (Phi) is 3.38. The summed E-state index contributed by atoms with van der Waals surface area (Å²) in [4.78, 5) is 23.0. The molecule has 0 aromatic heterocycles. The van der Waals surface area contributed by atoms with Gasteiger partial charge in [-0.15, -0.1) is 0 Å². The molecule has 1 aliphatic carbocycles. The van der Waals surface area contributed by atoms with E-state index in [4.69, 9.17) is 4.74 Å². The zero-order chi connectivity index (χ0) is 12.5. The fourth-order valence-electron chi connectivity index (χ4n) is 2.30. The second-order valence-electron chi connectivity index (χ2n) is 5.24. The molecule has 96 valence electrons. The van der Waals surface area contributed by atoms with Gasteiger partial charge in [-0.1, -0.05) is 6.92 Å². The standard InChI is InChI=1S/C12H19NO4/c1-8-6-9(8)10(14)13-7-12(11(15)16)2-4-17-5-3-12/h8-9H,2-7H2,1H3,(H,13,14)(H,15,16). The van der Waals surface area contributed by atoms with Crippen LogP contribution in [0.15, 0.2) is 0 Å². The predicted molar refractivity (Wildman–Crippen MR) is 60.4 cm³/mol. The first-order valence-corrected chi connectivity index (χ1v) is 6.14. The molecule has 1 aliphatic heterocycles. The molecule has 2 atom stereocenters. The first kappa shape index (κ1) is 12.4. The molecule has 0 spiro atoms. The summed E-state index contributed by atoms with van der Waals surface area (Å²) >= 11 is 0. The quantitative estimate of drug-likeness (QED) is 0.757. The molecule has 0 bridgehead atoms. The zero-order valence-electron chi connectivity index (χ0n) is 10.1. The van der Waals surface area contributed by atoms with Gasteiger partial charge < -0.3 is 15.2 Å². The van der Waals surface area contributed by atoms with Crippen LogP contribution in [0.2, 0.25) is 0 Å². The normalized spacial score (nSPS) is 30.6. The van der Waals surface area contributed by atoms with E-state index in [2.05, 4.69) is 5.32 Å². The van der Waals surface area contributed by atoms with E-state index in [-0.39, 0.29) is 18.4 Å². The average molecular weight is 241 g/mol. The molecule has 1 heterocycles. The number of ether oxygens (including phenoxy) is 1. The summed E-state index contributed by atoms with van der Waals surface area (Å²) in [5, 5.41) is 12.1. The van der Waals surface area contributed by atoms with E-state index in [9.17, 15) is 14.7 Å². The van der Waals surface area contributed by atoms with E-state index in [1.165, 1.54) is 0 Å². The lowest BCUT2D eigenvalue weighted by Gasteiger charge is -2.33. The molecule has 2 unspecified atom stereocenters. The van der Waals surface area contributed by atoms with Crippen LogP contribution in [0.5, 0.6) is 0 Å². The minimum Gasteiger partial charge on any atom is -0.481 e. The first-order chi connectivity index (χ1) is 8.05. The highest BCUT2D eigenvalue weighted by Crippen LogP contribution is 2.38. The van der Waals surface area contributed by atoms with Crippen LogP contribution in [0, 0.1) is 17.3 Å². The lowest BCUT2D eigenvalue weighted by molar-refractivity contribution is -0.154. The Bertz CT molecular complexity index is 322. The number of carboxylic acids is 1. The highest BCUT2D eigenvalue weighted by molar-refractivity contribution is 5.82. The molecule has 1 amide bonds. The Labute approximate surface area is 101 Å². The van der Waals surface area contributed by atoms with Crippen LogP contribution in [0.3, 0.4) is 0 Å². The summed E-state index contributed by atoms with van der Waals surface area (Å²) in [7, 11) is 0. The van der Waals surface area contributed by atoms with Crippen molar-refractivity contribution in [2.45, 2.75) is 26.2 Å². The van der Waals surface area contributed by atoms with Crippen molar-refractivity contribution in [1.82, 2.24) is 5.32 Å². The third-order valence-corrected chi connectivity index (χ3v) is 3.95. The van der Waals surface area contributed by atoms with Gasteiger partial charge in [0.2, 0.25) is 5.91 Å². The van der Waals surface area contributed by atoms with Crippen LogP contribution in [0.4, 0.5) is 0 Å². The molecular formula is C12H19NO4. The van der Waals surface area contributed by atoms with Crippen LogP contribution < -0.4 is 5.32 Å². The molecule has 5 nitrogen and oxygen atoms in total. The van der Waals surface area contributed by atoms with Crippen LogP contribution in [-0.4, -0.2) is 36.7 Å². The molecule has 2 fully saturated rings. The first-order valence-electron chi connectivity index (χ1n) is 6.14. The van der Waals surface area contributed by atoms with Crippen molar-refractivity contribution < 1.29 is 19.4 Å². The molecule has 0 aromatic carbocycles. The molecule has 1 saturated carbocycles. The number of amides is 1. The molecule has 17 heavy (non-hydrogen) atoms. The summed E-state index contributed by atoms with van der Waals surface area (Å²) in [6, 6.07) is 0. The van der Waals surface area contributed by atoms with Gasteiger partial charge in [-0.3, -0.25) is 9.59 Å². The molecule has 0 radical (unpaired) electrons. The van der Waals surface area contributed by atoms with Crippen molar-refractivity contribution in [2.75, 3.05) is 19.8 Å². The molecule has 2 N–H and O–H groups in total. The molecule has 2 rings (SSSR count). The van der Waals surface area contributed by atoms with Gasteiger partial charge in [0, 0.05) is 25.7 Å². The summed E-state index contributed by atoms with van der Waals surface area (Å²) < 4.78 is 5.18. The second kappa shape index (κ2) is 4.64. The third-order valence-electron chi connectivity index (χ3n) is 3.95. The third kappa shape index (κ3) is 2.60. The number of rotatable bonds is 4. The fourth-order valence-corrected chi connectivity index (χ4v) is 2.30. The number of aliphatic carboxylic acids is 1. The number of hydrogen-bond acceptors (Lipinski definition) is 3. The smallest absolute Gasteiger partial charge is 0.311 e. The Morgan fingerprint density at radius 3 is 2.47 bits per heavy atom. The van der Waals surface area contributed by atoms with Gasteiger partial charge in [-0.2, -0.15) is 0 Å². The van der Waals surface area contributed by atoms with Crippen molar-refractivity contribution in [2.24, 2.45) is 17.3 Å². The lowest BCUT2D eigenvalue weighted by Crippen LogP contribution is -2.46. The number of carbonyl (C=O) groups is 2. The van der Waals surface area contributed by atoms with Gasteiger partial charge in [-0.05, 0) is 25.2 Å². The minimum atomic E-state index is -0.829. The number of carbonyl (C=O) groups excluding carboxylic acids is 1.